The first-order valence-electron chi connectivity index (χ1n) is 8.01. The zero-order valence-electron chi connectivity index (χ0n) is 13.4. The van der Waals surface area contributed by atoms with E-state index in [1.807, 2.05) is 26.0 Å². The maximum Gasteiger partial charge on any atom is 0.241 e. The van der Waals surface area contributed by atoms with E-state index in [2.05, 4.69) is 27.0 Å². The van der Waals surface area contributed by atoms with Gasteiger partial charge in [0.05, 0.1) is 11.4 Å². The molecule has 2 heterocycles. The summed E-state index contributed by atoms with van der Waals surface area (Å²) >= 11 is 0. The largest absolute Gasteiger partial charge is 0.437 e. The van der Waals surface area contributed by atoms with Crippen molar-refractivity contribution in [2.24, 2.45) is 0 Å². The van der Waals surface area contributed by atoms with E-state index >= 15 is 0 Å². The number of hydrogen-bond acceptors (Lipinski definition) is 4. The van der Waals surface area contributed by atoms with Gasteiger partial charge >= 0.3 is 0 Å². The van der Waals surface area contributed by atoms with Crippen LogP contribution in [-0.2, 0) is 6.54 Å². The molecule has 0 saturated carbocycles. The fourth-order valence-electron chi connectivity index (χ4n) is 2.81. The van der Waals surface area contributed by atoms with Gasteiger partial charge in [-0.3, -0.25) is 9.88 Å². The summed E-state index contributed by atoms with van der Waals surface area (Å²) < 4.78 is 6.06. The van der Waals surface area contributed by atoms with Crippen molar-refractivity contribution in [3.8, 4) is 11.6 Å². The summed E-state index contributed by atoms with van der Waals surface area (Å²) in [5.74, 6) is 1.49. The Morgan fingerprint density at radius 2 is 1.86 bits per heavy atom. The fourth-order valence-corrected chi connectivity index (χ4v) is 2.81. The van der Waals surface area contributed by atoms with Gasteiger partial charge in [0, 0.05) is 18.3 Å². The highest BCUT2D eigenvalue weighted by molar-refractivity contribution is 5.37. The summed E-state index contributed by atoms with van der Waals surface area (Å²) in [6.45, 7) is 7.15. The van der Waals surface area contributed by atoms with Gasteiger partial charge in [0.2, 0.25) is 5.88 Å². The molecule has 0 unspecified atom stereocenters. The first-order valence-corrected chi connectivity index (χ1v) is 8.01. The molecule has 0 amide bonds. The van der Waals surface area contributed by atoms with Gasteiger partial charge in [0.1, 0.15) is 5.75 Å². The number of nitrogens with zero attached hydrogens (tertiary/aromatic N) is 3. The lowest BCUT2D eigenvalue weighted by molar-refractivity contribution is 0.219. The molecule has 4 nitrogen and oxygen atoms in total. The van der Waals surface area contributed by atoms with E-state index in [0.717, 1.165) is 23.7 Å². The van der Waals surface area contributed by atoms with E-state index in [0.29, 0.717) is 5.88 Å². The lowest BCUT2D eigenvalue weighted by Gasteiger charge is -2.27. The minimum atomic E-state index is 0.603. The highest BCUT2D eigenvalue weighted by Gasteiger charge is 2.14. The van der Waals surface area contributed by atoms with Crippen molar-refractivity contribution in [1.82, 2.24) is 14.9 Å². The summed E-state index contributed by atoms with van der Waals surface area (Å²) in [6.07, 6.45) is 5.71. The zero-order chi connectivity index (χ0) is 15.4. The number of hydrogen-bond donors (Lipinski definition) is 0. The Bertz CT molecular complexity index is 636. The molecule has 0 spiro atoms. The molecule has 1 aromatic heterocycles. The minimum Gasteiger partial charge on any atom is -0.437 e. The van der Waals surface area contributed by atoms with E-state index in [-0.39, 0.29) is 0 Å². The van der Waals surface area contributed by atoms with Crippen LogP contribution in [0.2, 0.25) is 0 Å². The Hall–Kier alpha value is -1.94. The van der Waals surface area contributed by atoms with Gasteiger partial charge in [0.25, 0.3) is 0 Å². The number of ether oxygens (including phenoxy) is 1. The monoisotopic (exact) mass is 297 g/mol. The summed E-state index contributed by atoms with van der Waals surface area (Å²) in [5, 5.41) is 0. The molecule has 4 heteroatoms. The first-order chi connectivity index (χ1) is 10.7. The van der Waals surface area contributed by atoms with Crippen LogP contribution >= 0.6 is 0 Å². The summed E-state index contributed by atoms with van der Waals surface area (Å²) in [4.78, 5) is 11.3. The molecule has 116 valence electrons. The molecule has 1 saturated heterocycles. The Morgan fingerprint density at radius 1 is 1.09 bits per heavy atom. The summed E-state index contributed by atoms with van der Waals surface area (Å²) in [5.41, 5.74) is 2.90. The standard InChI is InChI=1S/C18H23N3O/c1-14-12-19-15(2)18(20-14)22-17-9-5-4-8-16(17)13-21-10-6-3-7-11-21/h4-5,8-9,12H,3,6-7,10-11,13H2,1-2H3. The SMILES string of the molecule is Cc1cnc(C)c(Oc2ccccc2CN2CCCCC2)n1. The van der Waals surface area contributed by atoms with Gasteiger partial charge in [-0.15, -0.1) is 0 Å². The molecule has 1 aliphatic heterocycles. The molecule has 22 heavy (non-hydrogen) atoms. The number of aryl methyl sites for hydroxylation is 2. The maximum absolute atomic E-state index is 6.06. The van der Waals surface area contributed by atoms with Crippen LogP contribution in [0.5, 0.6) is 11.6 Å². The van der Waals surface area contributed by atoms with Crippen LogP contribution < -0.4 is 4.74 Å². The van der Waals surface area contributed by atoms with Crippen LogP contribution in [0.4, 0.5) is 0 Å². The third-order valence-corrected chi connectivity index (χ3v) is 4.05. The van der Waals surface area contributed by atoms with Crippen LogP contribution in [0, 0.1) is 13.8 Å². The van der Waals surface area contributed by atoms with Crippen molar-refractivity contribution in [1.29, 1.82) is 0 Å². The van der Waals surface area contributed by atoms with Crippen LogP contribution in [-0.4, -0.2) is 28.0 Å². The van der Waals surface area contributed by atoms with Crippen LogP contribution in [0.15, 0.2) is 30.5 Å². The molecule has 1 aliphatic rings. The predicted octanol–water partition coefficient (Wildman–Crippen LogP) is 3.87. The third-order valence-electron chi connectivity index (χ3n) is 4.05. The highest BCUT2D eigenvalue weighted by atomic mass is 16.5. The predicted molar refractivity (Wildman–Crippen MR) is 87.2 cm³/mol. The molecule has 0 radical (unpaired) electrons. The lowest BCUT2D eigenvalue weighted by atomic mass is 10.1. The second kappa shape index (κ2) is 6.88. The molecular weight excluding hydrogens is 274 g/mol. The second-order valence-corrected chi connectivity index (χ2v) is 5.95. The van der Waals surface area contributed by atoms with Crippen LogP contribution in [0.3, 0.4) is 0 Å². The van der Waals surface area contributed by atoms with Gasteiger partial charge in [-0.05, 0) is 45.8 Å². The topological polar surface area (TPSA) is 38.2 Å². The fraction of sp³-hybridized carbons (Fsp3) is 0.444. The van der Waals surface area contributed by atoms with Crippen molar-refractivity contribution in [2.75, 3.05) is 13.1 Å². The number of para-hydroxylation sites is 1. The number of likely N-dealkylation sites (tertiary alicyclic amines) is 1. The smallest absolute Gasteiger partial charge is 0.241 e. The maximum atomic E-state index is 6.06. The number of benzene rings is 1. The van der Waals surface area contributed by atoms with Crippen molar-refractivity contribution >= 4 is 0 Å². The number of rotatable bonds is 4. The van der Waals surface area contributed by atoms with Gasteiger partial charge in [0.15, 0.2) is 0 Å². The Kier molecular flexibility index (Phi) is 4.68. The number of piperidine rings is 1. The van der Waals surface area contributed by atoms with Crippen molar-refractivity contribution < 1.29 is 4.74 Å². The molecule has 0 atom stereocenters. The summed E-state index contributed by atoms with van der Waals surface area (Å²) in [7, 11) is 0. The molecule has 1 aromatic carbocycles. The summed E-state index contributed by atoms with van der Waals surface area (Å²) in [6, 6.07) is 8.24. The van der Waals surface area contributed by atoms with Crippen molar-refractivity contribution in [2.45, 2.75) is 39.7 Å². The van der Waals surface area contributed by atoms with Crippen molar-refractivity contribution in [3.63, 3.8) is 0 Å². The molecule has 0 bridgehead atoms. The zero-order valence-corrected chi connectivity index (χ0v) is 13.4. The van der Waals surface area contributed by atoms with E-state index in [9.17, 15) is 0 Å². The molecule has 0 N–H and O–H groups in total. The Labute approximate surface area is 132 Å². The third kappa shape index (κ3) is 3.63. The van der Waals surface area contributed by atoms with Gasteiger partial charge in [-0.25, -0.2) is 4.98 Å². The van der Waals surface area contributed by atoms with Gasteiger partial charge in [-0.1, -0.05) is 24.6 Å². The minimum absolute atomic E-state index is 0.603. The van der Waals surface area contributed by atoms with Gasteiger partial charge in [-0.2, -0.15) is 0 Å². The van der Waals surface area contributed by atoms with Crippen LogP contribution in [0.25, 0.3) is 0 Å². The van der Waals surface area contributed by atoms with E-state index in [1.165, 1.54) is 37.9 Å². The molecular formula is C18H23N3O. The molecule has 1 fully saturated rings. The van der Waals surface area contributed by atoms with E-state index in [4.69, 9.17) is 4.74 Å². The molecule has 2 aromatic rings. The van der Waals surface area contributed by atoms with E-state index in [1.54, 1.807) is 6.20 Å². The first kappa shape index (κ1) is 15.0. The van der Waals surface area contributed by atoms with E-state index < -0.39 is 0 Å². The highest BCUT2D eigenvalue weighted by Crippen LogP contribution is 2.27. The second-order valence-electron chi connectivity index (χ2n) is 5.95. The lowest BCUT2D eigenvalue weighted by Crippen LogP contribution is -2.29. The number of aromatic nitrogens is 2. The molecule has 0 aliphatic carbocycles. The Morgan fingerprint density at radius 3 is 2.68 bits per heavy atom. The average Bonchev–Trinajstić information content (AvgIpc) is 2.54. The normalized spacial score (nSPS) is 15.7. The van der Waals surface area contributed by atoms with Crippen LogP contribution in [0.1, 0.15) is 36.2 Å². The quantitative estimate of drug-likeness (QED) is 0.858. The molecule has 3 rings (SSSR count). The Balaban J connectivity index is 1.80. The van der Waals surface area contributed by atoms with Crippen molar-refractivity contribution in [3.05, 3.63) is 47.4 Å². The average molecular weight is 297 g/mol. The van der Waals surface area contributed by atoms with Gasteiger partial charge < -0.3 is 4.74 Å².